The van der Waals surface area contributed by atoms with Crippen LogP contribution in [0.25, 0.3) is 11.1 Å². The molecule has 5 rings (SSSR count). The topological polar surface area (TPSA) is 88.3 Å². The Morgan fingerprint density at radius 1 is 0.972 bits per heavy atom. The first-order chi connectivity index (χ1) is 17.0. The third-order valence-electron chi connectivity index (χ3n) is 6.20. The first-order valence-electron chi connectivity index (χ1n) is 11.6. The number of hydrogen-bond donors (Lipinski definition) is 2. The van der Waals surface area contributed by atoms with Crippen molar-refractivity contribution in [3.05, 3.63) is 107 Å². The van der Waals surface area contributed by atoms with Gasteiger partial charge in [-0.05, 0) is 66.4 Å². The average molecular weight is 499 g/mol. The normalized spacial score (nSPS) is 12.0. The highest BCUT2D eigenvalue weighted by Crippen LogP contribution is 2.32. The van der Waals surface area contributed by atoms with Gasteiger partial charge in [-0.1, -0.05) is 54.1 Å². The van der Waals surface area contributed by atoms with E-state index in [1.807, 2.05) is 73.7 Å². The molecular formula is C29H27ClN4O2. The van der Waals surface area contributed by atoms with Crippen molar-refractivity contribution in [2.45, 2.75) is 19.8 Å². The zero-order valence-corrected chi connectivity index (χ0v) is 20.7. The van der Waals surface area contributed by atoms with Crippen LogP contribution in [0.5, 0.6) is 0 Å². The molecule has 3 aromatic carbocycles. The molecule has 0 spiro atoms. The van der Waals surface area contributed by atoms with E-state index >= 15 is 0 Å². The molecule has 2 amide bonds. The van der Waals surface area contributed by atoms with Gasteiger partial charge in [0.25, 0.3) is 5.91 Å². The lowest BCUT2D eigenvalue weighted by molar-refractivity contribution is -0.117. The van der Waals surface area contributed by atoms with E-state index in [-0.39, 0.29) is 30.6 Å². The molecule has 6 nitrogen and oxygen atoms in total. The number of aromatic nitrogens is 1. The highest BCUT2D eigenvalue weighted by atomic mass is 35.5. The second-order valence-corrected chi connectivity index (χ2v) is 8.74. The number of halogens is 1. The Morgan fingerprint density at radius 2 is 1.78 bits per heavy atom. The average Bonchev–Trinajstić information content (AvgIpc) is 3.28. The third-order valence-corrected chi connectivity index (χ3v) is 6.20. The molecule has 4 aromatic rings. The molecule has 0 aliphatic carbocycles. The number of hydrogen-bond acceptors (Lipinski definition) is 4. The fourth-order valence-corrected chi connectivity index (χ4v) is 4.50. The van der Waals surface area contributed by atoms with Crippen LogP contribution in [0, 0.1) is 6.92 Å². The van der Waals surface area contributed by atoms with E-state index in [0.29, 0.717) is 29.3 Å². The lowest BCUT2D eigenvalue weighted by Gasteiger charge is -2.18. The van der Waals surface area contributed by atoms with Crippen molar-refractivity contribution in [1.29, 1.82) is 0 Å². The van der Waals surface area contributed by atoms with Gasteiger partial charge in [0, 0.05) is 23.5 Å². The summed E-state index contributed by atoms with van der Waals surface area (Å²) < 4.78 is 0. The van der Waals surface area contributed by atoms with E-state index in [4.69, 9.17) is 5.73 Å². The second kappa shape index (κ2) is 10.6. The number of nitrogen functional groups attached to an aromatic ring is 1. The summed E-state index contributed by atoms with van der Waals surface area (Å²) in [5.41, 5.74) is 12.5. The number of aryl methyl sites for hydroxylation is 1. The number of anilines is 3. The summed E-state index contributed by atoms with van der Waals surface area (Å²) in [6.07, 6.45) is 0.924. The van der Waals surface area contributed by atoms with E-state index in [1.165, 1.54) is 0 Å². The molecule has 0 atom stereocenters. The van der Waals surface area contributed by atoms with E-state index in [2.05, 4.69) is 10.3 Å². The number of benzene rings is 3. The van der Waals surface area contributed by atoms with Crippen LogP contribution in [0.3, 0.4) is 0 Å². The Kier molecular flexibility index (Phi) is 7.36. The van der Waals surface area contributed by atoms with E-state index in [1.54, 1.807) is 23.1 Å². The minimum absolute atomic E-state index is 0. The fraction of sp³-hybridized carbons (Fsp3) is 0.138. The molecule has 36 heavy (non-hydrogen) atoms. The maximum absolute atomic E-state index is 13.3. The van der Waals surface area contributed by atoms with Gasteiger partial charge in [0.2, 0.25) is 5.91 Å². The lowest BCUT2D eigenvalue weighted by Crippen LogP contribution is -2.30. The van der Waals surface area contributed by atoms with Crippen LogP contribution >= 0.6 is 12.4 Å². The van der Waals surface area contributed by atoms with Gasteiger partial charge in [-0.15, -0.1) is 12.4 Å². The number of pyridine rings is 1. The van der Waals surface area contributed by atoms with Crippen LogP contribution in [0.2, 0.25) is 0 Å². The molecule has 1 aliphatic heterocycles. The number of nitrogens with one attached hydrogen (secondary N) is 1. The maximum atomic E-state index is 13.3. The Bertz CT molecular complexity index is 1420. The first-order valence-corrected chi connectivity index (χ1v) is 11.6. The van der Waals surface area contributed by atoms with Crippen molar-refractivity contribution in [3.8, 4) is 11.1 Å². The fourth-order valence-electron chi connectivity index (χ4n) is 4.50. The highest BCUT2D eigenvalue weighted by Gasteiger charge is 2.25. The van der Waals surface area contributed by atoms with Crippen LogP contribution in [0.1, 0.15) is 27.2 Å². The number of nitrogens with two attached hydrogens (primary N) is 1. The Labute approximate surface area is 216 Å². The van der Waals surface area contributed by atoms with Crippen molar-refractivity contribution in [2.24, 2.45) is 0 Å². The zero-order chi connectivity index (χ0) is 24.4. The van der Waals surface area contributed by atoms with Crippen molar-refractivity contribution < 1.29 is 9.59 Å². The molecule has 2 heterocycles. The van der Waals surface area contributed by atoms with Crippen molar-refractivity contribution in [1.82, 2.24) is 4.98 Å². The van der Waals surface area contributed by atoms with Crippen LogP contribution < -0.4 is 16.0 Å². The Balaban J connectivity index is 0.00000304. The Morgan fingerprint density at radius 3 is 2.56 bits per heavy atom. The van der Waals surface area contributed by atoms with Gasteiger partial charge in [-0.25, -0.2) is 4.98 Å². The highest BCUT2D eigenvalue weighted by molar-refractivity contribution is 6.09. The molecular weight excluding hydrogens is 472 g/mol. The largest absolute Gasteiger partial charge is 0.384 e. The monoisotopic (exact) mass is 498 g/mol. The Hall–Kier alpha value is -4.16. The van der Waals surface area contributed by atoms with E-state index in [9.17, 15) is 9.59 Å². The molecule has 182 valence electrons. The molecule has 0 fully saturated rings. The number of carbonyl (C=O) groups excluding carboxylic acids is 2. The number of rotatable bonds is 5. The quantitative estimate of drug-likeness (QED) is 0.383. The molecule has 3 N–H and O–H groups in total. The minimum atomic E-state index is -0.161. The molecule has 1 aromatic heterocycles. The van der Waals surface area contributed by atoms with E-state index < -0.39 is 0 Å². The van der Waals surface area contributed by atoms with Gasteiger partial charge in [0.1, 0.15) is 5.82 Å². The summed E-state index contributed by atoms with van der Waals surface area (Å²) in [6.45, 7) is 2.58. The maximum Gasteiger partial charge on any atom is 0.256 e. The summed E-state index contributed by atoms with van der Waals surface area (Å²) in [5.74, 6) is 0.221. The van der Waals surface area contributed by atoms with Crippen molar-refractivity contribution >= 4 is 41.4 Å². The van der Waals surface area contributed by atoms with Crippen molar-refractivity contribution in [2.75, 3.05) is 22.5 Å². The predicted molar refractivity (Wildman–Crippen MR) is 147 cm³/mol. The van der Waals surface area contributed by atoms with Gasteiger partial charge in [0.05, 0.1) is 12.1 Å². The summed E-state index contributed by atoms with van der Waals surface area (Å²) in [6, 6.07) is 26.8. The van der Waals surface area contributed by atoms with Gasteiger partial charge in [-0.2, -0.15) is 0 Å². The van der Waals surface area contributed by atoms with Gasteiger partial charge < -0.3 is 16.0 Å². The number of amides is 2. The summed E-state index contributed by atoms with van der Waals surface area (Å²) in [5, 5.41) is 3.05. The minimum Gasteiger partial charge on any atom is -0.384 e. The SMILES string of the molecule is Cc1ccc(-c2ccccc2)c(C(=O)Nc2ccc3c(c2)CCN3C(=O)Cc2cccc(N)n2)c1.Cl. The number of carbonyl (C=O) groups is 2. The van der Waals surface area contributed by atoms with Crippen LogP contribution in [-0.4, -0.2) is 23.3 Å². The zero-order valence-electron chi connectivity index (χ0n) is 19.9. The third kappa shape index (κ3) is 5.24. The molecule has 1 aliphatic rings. The standard InChI is InChI=1S/C29H26N4O2.ClH/c1-19-10-12-24(20-6-3-2-4-7-20)25(16-19)29(35)32-23-11-13-26-21(17-23)14-15-33(26)28(34)18-22-8-5-9-27(30)31-22;/h2-13,16-17H,14-15,18H2,1H3,(H2,30,31)(H,32,35);1H. The molecule has 7 heteroatoms. The van der Waals surface area contributed by atoms with Crippen LogP contribution in [0.15, 0.2) is 84.9 Å². The van der Waals surface area contributed by atoms with Gasteiger partial charge in [-0.3, -0.25) is 9.59 Å². The molecule has 0 saturated heterocycles. The van der Waals surface area contributed by atoms with Crippen LogP contribution in [0.4, 0.5) is 17.2 Å². The summed E-state index contributed by atoms with van der Waals surface area (Å²) >= 11 is 0. The molecule has 0 saturated carbocycles. The predicted octanol–water partition coefficient (Wildman–Crippen LogP) is 5.45. The van der Waals surface area contributed by atoms with Gasteiger partial charge >= 0.3 is 0 Å². The number of fused-ring (bicyclic) bond motifs is 1. The summed E-state index contributed by atoms with van der Waals surface area (Å²) in [4.78, 5) is 32.2. The van der Waals surface area contributed by atoms with Crippen molar-refractivity contribution in [3.63, 3.8) is 0 Å². The lowest BCUT2D eigenvalue weighted by atomic mass is 9.97. The molecule has 0 unspecified atom stereocenters. The smallest absolute Gasteiger partial charge is 0.256 e. The molecule has 0 bridgehead atoms. The van der Waals surface area contributed by atoms with Crippen LogP contribution in [-0.2, 0) is 17.6 Å². The van der Waals surface area contributed by atoms with Gasteiger partial charge in [0.15, 0.2) is 0 Å². The summed E-state index contributed by atoms with van der Waals surface area (Å²) in [7, 11) is 0. The second-order valence-electron chi connectivity index (χ2n) is 8.74. The van der Waals surface area contributed by atoms with E-state index in [0.717, 1.165) is 34.4 Å². The molecule has 0 radical (unpaired) electrons. The number of nitrogens with zero attached hydrogens (tertiary/aromatic N) is 2. The first kappa shape index (κ1) is 24.9.